The summed E-state index contributed by atoms with van der Waals surface area (Å²) in [5.74, 6) is 0.491. The summed E-state index contributed by atoms with van der Waals surface area (Å²) in [6.07, 6.45) is 0. The Kier molecular flexibility index (Phi) is 4.93. The molecule has 0 fully saturated rings. The third-order valence-electron chi connectivity index (χ3n) is 1.74. The molecule has 0 saturated carbocycles. The molecule has 1 aromatic heterocycles. The lowest BCUT2D eigenvalue weighted by Crippen LogP contribution is -2.06. The zero-order valence-electron chi connectivity index (χ0n) is 9.77. The second-order valence-electron chi connectivity index (χ2n) is 3.11. The van der Waals surface area contributed by atoms with Crippen molar-refractivity contribution >= 4 is 13.6 Å². The fourth-order valence-corrected chi connectivity index (χ4v) is 2.48. The van der Waals surface area contributed by atoms with Crippen LogP contribution >= 0.6 is 7.75 Å². The van der Waals surface area contributed by atoms with Crippen LogP contribution in [0.5, 0.6) is 0 Å². The molecule has 0 saturated heterocycles. The van der Waals surface area contributed by atoms with Gasteiger partial charge in [0.25, 0.3) is 0 Å². The van der Waals surface area contributed by atoms with E-state index < -0.39 is 7.75 Å². The molecule has 0 aliphatic carbocycles. The molecule has 0 unspecified atom stereocenters. The van der Waals surface area contributed by atoms with E-state index >= 15 is 0 Å². The predicted molar refractivity (Wildman–Crippen MR) is 63.5 cm³/mol. The smallest absolute Gasteiger partial charge is 0.293 e. The summed E-state index contributed by atoms with van der Waals surface area (Å²) >= 11 is 0. The van der Waals surface area contributed by atoms with Gasteiger partial charge in [-0.1, -0.05) is 6.07 Å². The maximum atomic E-state index is 12.1. The summed E-state index contributed by atoms with van der Waals surface area (Å²) in [7, 11) is -3.27. The number of pyridine rings is 1. The lowest BCUT2D eigenvalue weighted by atomic mass is 10.4. The Labute approximate surface area is 95.8 Å². The van der Waals surface area contributed by atoms with Gasteiger partial charge >= 0.3 is 7.75 Å². The molecule has 0 bridgehead atoms. The Hall–Kier alpha value is -0.900. The van der Waals surface area contributed by atoms with Crippen LogP contribution in [0.15, 0.2) is 18.2 Å². The molecular formula is C10H17N2O3P. The molecule has 6 heteroatoms. The molecule has 0 atom stereocenters. The highest BCUT2D eigenvalue weighted by molar-refractivity contribution is 7.55. The van der Waals surface area contributed by atoms with E-state index in [1.165, 1.54) is 0 Å². The van der Waals surface area contributed by atoms with Gasteiger partial charge in [0.05, 0.1) is 13.2 Å². The first kappa shape index (κ1) is 13.2. The van der Waals surface area contributed by atoms with Crippen molar-refractivity contribution in [3.63, 3.8) is 0 Å². The maximum Gasteiger partial charge on any atom is 0.433 e. The zero-order valence-corrected chi connectivity index (χ0v) is 10.7. The minimum absolute atomic E-state index is 0.316. The monoisotopic (exact) mass is 244 g/mol. The normalized spacial score (nSPS) is 11.4. The van der Waals surface area contributed by atoms with E-state index in [4.69, 9.17) is 9.05 Å². The van der Waals surface area contributed by atoms with Crippen LogP contribution in [0, 0.1) is 6.92 Å². The van der Waals surface area contributed by atoms with Crippen molar-refractivity contribution in [2.45, 2.75) is 20.8 Å². The summed E-state index contributed by atoms with van der Waals surface area (Å²) in [5, 5.41) is 2.70. The Morgan fingerprint density at radius 1 is 1.31 bits per heavy atom. The van der Waals surface area contributed by atoms with Gasteiger partial charge in [-0.2, -0.15) is 0 Å². The van der Waals surface area contributed by atoms with Crippen molar-refractivity contribution < 1.29 is 13.6 Å². The van der Waals surface area contributed by atoms with Crippen LogP contribution in [0.25, 0.3) is 0 Å². The van der Waals surface area contributed by atoms with E-state index in [0.717, 1.165) is 5.69 Å². The number of nitrogens with one attached hydrogen (secondary N) is 1. The van der Waals surface area contributed by atoms with Crippen molar-refractivity contribution in [3.05, 3.63) is 23.9 Å². The SMILES string of the molecule is CCOP(=O)(Nc1cccc(C)n1)OCC. The maximum absolute atomic E-state index is 12.1. The van der Waals surface area contributed by atoms with Gasteiger partial charge in [-0.3, -0.25) is 14.1 Å². The van der Waals surface area contributed by atoms with Crippen molar-refractivity contribution in [1.82, 2.24) is 4.98 Å². The first-order valence-electron chi connectivity index (χ1n) is 5.20. The van der Waals surface area contributed by atoms with Crippen LogP contribution in [0.3, 0.4) is 0 Å². The van der Waals surface area contributed by atoms with Crippen molar-refractivity contribution in [3.8, 4) is 0 Å². The van der Waals surface area contributed by atoms with Crippen molar-refractivity contribution in [2.24, 2.45) is 0 Å². The van der Waals surface area contributed by atoms with Crippen molar-refractivity contribution in [2.75, 3.05) is 18.3 Å². The van der Waals surface area contributed by atoms with Crippen LogP contribution in [0.4, 0.5) is 5.82 Å². The van der Waals surface area contributed by atoms with Gasteiger partial charge < -0.3 is 0 Å². The first-order valence-corrected chi connectivity index (χ1v) is 6.75. The number of nitrogens with zero attached hydrogens (tertiary/aromatic N) is 1. The Balaban J connectivity index is 2.79. The summed E-state index contributed by atoms with van der Waals surface area (Å²) in [5.41, 5.74) is 0.838. The molecule has 90 valence electrons. The fourth-order valence-electron chi connectivity index (χ4n) is 1.19. The summed E-state index contributed by atoms with van der Waals surface area (Å²) in [6.45, 7) is 6.01. The Bertz CT molecular complexity index is 374. The van der Waals surface area contributed by atoms with Gasteiger partial charge in [-0.05, 0) is 32.9 Å². The molecule has 5 nitrogen and oxygen atoms in total. The number of hydrogen-bond donors (Lipinski definition) is 1. The summed E-state index contributed by atoms with van der Waals surface area (Å²) in [4.78, 5) is 4.18. The highest BCUT2D eigenvalue weighted by atomic mass is 31.2. The summed E-state index contributed by atoms with van der Waals surface area (Å²) in [6, 6.07) is 5.40. The van der Waals surface area contributed by atoms with Gasteiger partial charge in [0.1, 0.15) is 5.82 Å². The molecular weight excluding hydrogens is 227 g/mol. The quantitative estimate of drug-likeness (QED) is 0.779. The average Bonchev–Trinajstić information content (AvgIpc) is 2.17. The van der Waals surface area contributed by atoms with E-state index in [0.29, 0.717) is 19.0 Å². The topological polar surface area (TPSA) is 60.5 Å². The van der Waals surface area contributed by atoms with Crippen LogP contribution in [0.2, 0.25) is 0 Å². The highest BCUT2D eigenvalue weighted by Gasteiger charge is 2.23. The van der Waals surface area contributed by atoms with Gasteiger partial charge in [0, 0.05) is 5.69 Å². The molecule has 1 heterocycles. The Morgan fingerprint density at radius 2 is 1.94 bits per heavy atom. The van der Waals surface area contributed by atoms with Gasteiger partial charge in [-0.25, -0.2) is 9.55 Å². The van der Waals surface area contributed by atoms with E-state index in [1.54, 1.807) is 19.9 Å². The molecule has 0 aromatic carbocycles. The first-order chi connectivity index (χ1) is 7.59. The number of aryl methyl sites for hydroxylation is 1. The molecule has 0 radical (unpaired) electrons. The largest absolute Gasteiger partial charge is 0.433 e. The molecule has 0 spiro atoms. The van der Waals surface area contributed by atoms with Gasteiger partial charge in [-0.15, -0.1) is 0 Å². The number of aromatic nitrogens is 1. The Morgan fingerprint density at radius 3 is 2.44 bits per heavy atom. The zero-order chi connectivity index (χ0) is 12.0. The minimum atomic E-state index is -3.27. The van der Waals surface area contributed by atoms with Crippen LogP contribution < -0.4 is 5.09 Å². The molecule has 0 amide bonds. The number of anilines is 1. The number of rotatable bonds is 6. The second-order valence-corrected chi connectivity index (χ2v) is 4.84. The van der Waals surface area contributed by atoms with E-state index in [1.807, 2.05) is 19.1 Å². The summed E-state index contributed by atoms with van der Waals surface area (Å²) < 4.78 is 22.3. The third-order valence-corrected chi connectivity index (χ3v) is 3.44. The fraction of sp³-hybridized carbons (Fsp3) is 0.500. The third kappa shape index (κ3) is 3.93. The standard InChI is InChI=1S/C10H17N2O3P/c1-4-14-16(13,15-5-2)12-10-8-6-7-9(3)11-10/h6-8H,4-5H2,1-3H3,(H,11,12,13). The molecule has 1 aromatic rings. The minimum Gasteiger partial charge on any atom is -0.293 e. The predicted octanol–water partition coefficient (Wildman–Crippen LogP) is 2.98. The molecule has 16 heavy (non-hydrogen) atoms. The van der Waals surface area contributed by atoms with Crippen LogP contribution in [-0.4, -0.2) is 18.2 Å². The van der Waals surface area contributed by atoms with Crippen LogP contribution in [0.1, 0.15) is 19.5 Å². The second kappa shape index (κ2) is 5.99. The van der Waals surface area contributed by atoms with Crippen LogP contribution in [-0.2, 0) is 13.6 Å². The lowest BCUT2D eigenvalue weighted by molar-refractivity contribution is 0.225. The average molecular weight is 244 g/mol. The van der Waals surface area contributed by atoms with E-state index in [9.17, 15) is 4.57 Å². The van der Waals surface area contributed by atoms with Gasteiger partial charge in [0.2, 0.25) is 0 Å². The molecule has 1 rings (SSSR count). The molecule has 0 aliphatic heterocycles. The van der Waals surface area contributed by atoms with E-state index in [2.05, 4.69) is 10.1 Å². The van der Waals surface area contributed by atoms with Crippen molar-refractivity contribution in [1.29, 1.82) is 0 Å². The molecule has 1 N–H and O–H groups in total. The lowest BCUT2D eigenvalue weighted by Gasteiger charge is -2.17. The molecule has 0 aliphatic rings. The van der Waals surface area contributed by atoms with E-state index in [-0.39, 0.29) is 0 Å². The number of hydrogen-bond acceptors (Lipinski definition) is 4. The van der Waals surface area contributed by atoms with Gasteiger partial charge in [0.15, 0.2) is 0 Å². The highest BCUT2D eigenvalue weighted by Crippen LogP contribution is 2.47.